The van der Waals surface area contributed by atoms with Gasteiger partial charge < -0.3 is 15.0 Å². The molecule has 4 rings (SSSR count). The van der Waals surface area contributed by atoms with E-state index in [4.69, 9.17) is 26.3 Å². The van der Waals surface area contributed by atoms with E-state index in [0.717, 1.165) is 67.3 Å². The van der Waals surface area contributed by atoms with Crippen molar-refractivity contribution < 1.29 is 4.74 Å². The van der Waals surface area contributed by atoms with Crippen LogP contribution in [0.4, 0.5) is 11.6 Å². The molecule has 5 nitrogen and oxygen atoms in total. The molecule has 3 aromatic rings. The number of aromatic nitrogens is 2. The number of rotatable bonds is 6. The molecule has 0 unspecified atom stereocenters. The maximum absolute atomic E-state index is 5.96. The molecule has 0 amide bonds. The standard InChI is InChI=1S/C22H23ClN4O/c23-19-8-6-17(7-9-19)10-11-24-20-16-21(27-12-14-28-15-13-27)26-22(25-20)18-4-2-1-3-5-18/h1-9,16H,10-15H2,(H,24,25,26). The minimum atomic E-state index is 0.726. The predicted octanol–water partition coefficient (Wildman–Crippen LogP) is 4.29. The van der Waals surface area contributed by atoms with E-state index >= 15 is 0 Å². The summed E-state index contributed by atoms with van der Waals surface area (Å²) in [6.45, 7) is 3.92. The fraction of sp³-hybridized carbons (Fsp3) is 0.273. The van der Waals surface area contributed by atoms with Crippen molar-refractivity contribution in [3.63, 3.8) is 0 Å². The van der Waals surface area contributed by atoms with Crippen LogP contribution >= 0.6 is 11.6 Å². The number of benzene rings is 2. The third-order valence-electron chi connectivity index (χ3n) is 4.71. The topological polar surface area (TPSA) is 50.3 Å². The van der Waals surface area contributed by atoms with Crippen LogP contribution in [0.15, 0.2) is 60.7 Å². The molecular formula is C22H23ClN4O. The van der Waals surface area contributed by atoms with Gasteiger partial charge in [0.1, 0.15) is 11.6 Å². The lowest BCUT2D eigenvalue weighted by Crippen LogP contribution is -2.36. The van der Waals surface area contributed by atoms with Gasteiger partial charge in [0.2, 0.25) is 0 Å². The Kier molecular flexibility index (Phi) is 6.04. The Hall–Kier alpha value is -2.63. The van der Waals surface area contributed by atoms with Crippen molar-refractivity contribution in [1.29, 1.82) is 0 Å². The average molecular weight is 395 g/mol. The van der Waals surface area contributed by atoms with E-state index in [1.807, 2.05) is 48.5 Å². The molecule has 0 saturated carbocycles. The third kappa shape index (κ3) is 4.80. The van der Waals surface area contributed by atoms with E-state index in [1.54, 1.807) is 0 Å². The van der Waals surface area contributed by atoms with E-state index in [0.29, 0.717) is 0 Å². The SMILES string of the molecule is Clc1ccc(CCNc2cc(N3CCOCC3)nc(-c3ccccc3)n2)cc1. The summed E-state index contributed by atoms with van der Waals surface area (Å²) in [6, 6.07) is 20.1. The van der Waals surface area contributed by atoms with Crippen molar-refractivity contribution >= 4 is 23.2 Å². The number of anilines is 2. The van der Waals surface area contributed by atoms with Crippen LogP contribution in [0.3, 0.4) is 0 Å². The number of hydrogen-bond acceptors (Lipinski definition) is 5. The molecule has 0 spiro atoms. The van der Waals surface area contributed by atoms with Gasteiger partial charge in [-0.3, -0.25) is 0 Å². The molecule has 1 aliphatic rings. The second kappa shape index (κ2) is 9.04. The molecule has 1 N–H and O–H groups in total. The van der Waals surface area contributed by atoms with Crippen molar-refractivity contribution in [1.82, 2.24) is 9.97 Å². The van der Waals surface area contributed by atoms with Gasteiger partial charge in [0.05, 0.1) is 13.2 Å². The molecule has 1 saturated heterocycles. The largest absolute Gasteiger partial charge is 0.378 e. The molecule has 144 valence electrons. The Morgan fingerprint density at radius 1 is 0.964 bits per heavy atom. The highest BCUT2D eigenvalue weighted by Gasteiger charge is 2.15. The number of halogens is 1. The summed E-state index contributed by atoms with van der Waals surface area (Å²) in [6.07, 6.45) is 0.898. The van der Waals surface area contributed by atoms with Gasteiger partial charge in [-0.25, -0.2) is 9.97 Å². The van der Waals surface area contributed by atoms with Gasteiger partial charge in [-0.1, -0.05) is 54.1 Å². The van der Waals surface area contributed by atoms with Crippen LogP contribution in [-0.4, -0.2) is 42.8 Å². The van der Waals surface area contributed by atoms with Crippen LogP contribution < -0.4 is 10.2 Å². The van der Waals surface area contributed by atoms with Crippen molar-refractivity contribution in [2.24, 2.45) is 0 Å². The van der Waals surface area contributed by atoms with Crippen molar-refractivity contribution in [2.45, 2.75) is 6.42 Å². The number of nitrogens with zero attached hydrogens (tertiary/aromatic N) is 3. The molecule has 0 bridgehead atoms. The highest BCUT2D eigenvalue weighted by molar-refractivity contribution is 6.30. The van der Waals surface area contributed by atoms with Crippen LogP contribution in [0.1, 0.15) is 5.56 Å². The second-order valence-electron chi connectivity index (χ2n) is 6.70. The Bertz CT molecular complexity index is 896. The molecular weight excluding hydrogens is 372 g/mol. The first-order valence-electron chi connectivity index (χ1n) is 9.53. The van der Waals surface area contributed by atoms with E-state index in [9.17, 15) is 0 Å². The highest BCUT2D eigenvalue weighted by Crippen LogP contribution is 2.23. The summed E-state index contributed by atoms with van der Waals surface area (Å²) in [4.78, 5) is 11.8. The fourth-order valence-corrected chi connectivity index (χ4v) is 3.31. The van der Waals surface area contributed by atoms with Crippen LogP contribution in [0, 0.1) is 0 Å². The van der Waals surface area contributed by atoms with Crippen molar-refractivity contribution in [2.75, 3.05) is 43.1 Å². The Morgan fingerprint density at radius 2 is 1.71 bits per heavy atom. The molecule has 0 aliphatic carbocycles. The van der Waals surface area contributed by atoms with Gasteiger partial charge >= 0.3 is 0 Å². The number of ether oxygens (including phenoxy) is 1. The number of nitrogens with one attached hydrogen (secondary N) is 1. The maximum atomic E-state index is 5.96. The van der Waals surface area contributed by atoms with Gasteiger partial charge in [-0.15, -0.1) is 0 Å². The first kappa shape index (κ1) is 18.7. The van der Waals surface area contributed by atoms with Crippen LogP contribution in [0.25, 0.3) is 11.4 Å². The van der Waals surface area contributed by atoms with Gasteiger partial charge in [0, 0.05) is 36.3 Å². The second-order valence-corrected chi connectivity index (χ2v) is 7.14. The van der Waals surface area contributed by atoms with Crippen LogP contribution in [0.5, 0.6) is 0 Å². The summed E-state index contributed by atoms with van der Waals surface area (Å²) < 4.78 is 5.48. The third-order valence-corrected chi connectivity index (χ3v) is 4.96. The van der Waals surface area contributed by atoms with Crippen LogP contribution in [0.2, 0.25) is 5.02 Å². The van der Waals surface area contributed by atoms with E-state index < -0.39 is 0 Å². The molecule has 2 heterocycles. The molecule has 1 aliphatic heterocycles. The van der Waals surface area contributed by atoms with Gasteiger partial charge in [0.15, 0.2) is 5.82 Å². The Morgan fingerprint density at radius 3 is 2.46 bits per heavy atom. The van der Waals surface area contributed by atoms with E-state index in [2.05, 4.69) is 22.3 Å². The quantitative estimate of drug-likeness (QED) is 0.676. The minimum absolute atomic E-state index is 0.726. The lowest BCUT2D eigenvalue weighted by Gasteiger charge is -2.28. The smallest absolute Gasteiger partial charge is 0.163 e. The lowest BCUT2D eigenvalue weighted by atomic mass is 10.1. The fourth-order valence-electron chi connectivity index (χ4n) is 3.18. The van der Waals surface area contributed by atoms with E-state index in [1.165, 1.54) is 5.56 Å². The predicted molar refractivity (Wildman–Crippen MR) is 114 cm³/mol. The lowest BCUT2D eigenvalue weighted by molar-refractivity contribution is 0.122. The first-order chi connectivity index (χ1) is 13.8. The molecule has 0 atom stereocenters. The molecule has 28 heavy (non-hydrogen) atoms. The zero-order valence-corrected chi connectivity index (χ0v) is 16.4. The zero-order valence-electron chi connectivity index (χ0n) is 15.6. The average Bonchev–Trinajstić information content (AvgIpc) is 2.76. The summed E-state index contributed by atoms with van der Waals surface area (Å²) in [5.74, 6) is 2.51. The van der Waals surface area contributed by atoms with Crippen molar-refractivity contribution in [3.8, 4) is 11.4 Å². The molecule has 1 aromatic heterocycles. The molecule has 1 fully saturated rings. The number of morpholine rings is 1. The maximum Gasteiger partial charge on any atom is 0.163 e. The Balaban J connectivity index is 1.53. The summed E-state index contributed by atoms with van der Waals surface area (Å²) in [5.41, 5.74) is 2.25. The van der Waals surface area contributed by atoms with Gasteiger partial charge in [-0.2, -0.15) is 0 Å². The zero-order chi connectivity index (χ0) is 19.2. The molecule has 6 heteroatoms. The summed E-state index contributed by atoms with van der Waals surface area (Å²) in [7, 11) is 0. The van der Waals surface area contributed by atoms with Crippen LogP contribution in [-0.2, 0) is 11.2 Å². The number of hydrogen-bond donors (Lipinski definition) is 1. The minimum Gasteiger partial charge on any atom is -0.378 e. The summed E-state index contributed by atoms with van der Waals surface area (Å²) in [5, 5.41) is 4.21. The molecule has 0 radical (unpaired) electrons. The van der Waals surface area contributed by atoms with Crippen molar-refractivity contribution in [3.05, 3.63) is 71.2 Å². The molecule has 2 aromatic carbocycles. The van der Waals surface area contributed by atoms with Gasteiger partial charge in [-0.05, 0) is 24.1 Å². The van der Waals surface area contributed by atoms with E-state index in [-0.39, 0.29) is 0 Å². The normalized spacial score (nSPS) is 14.1. The first-order valence-corrected chi connectivity index (χ1v) is 9.91. The van der Waals surface area contributed by atoms with Gasteiger partial charge in [0.25, 0.3) is 0 Å². The monoisotopic (exact) mass is 394 g/mol. The Labute approximate surface area is 170 Å². The highest BCUT2D eigenvalue weighted by atomic mass is 35.5. The summed E-state index contributed by atoms with van der Waals surface area (Å²) >= 11 is 5.96.